The number of esters is 2. The van der Waals surface area contributed by atoms with Gasteiger partial charge < -0.3 is 14.2 Å². The second kappa shape index (κ2) is 14.0. The van der Waals surface area contributed by atoms with Crippen LogP contribution in [0.15, 0.2) is 97.1 Å². The Labute approximate surface area is 224 Å². The molecule has 0 saturated carbocycles. The smallest absolute Gasteiger partial charge is 0.343 e. The maximum Gasteiger partial charge on any atom is 0.343 e. The Morgan fingerprint density at radius 3 is 1.74 bits per heavy atom. The predicted octanol–water partition coefficient (Wildman–Crippen LogP) is 7.96. The molecule has 4 rings (SSSR count). The second-order valence-electron chi connectivity index (χ2n) is 9.28. The van der Waals surface area contributed by atoms with E-state index in [-0.39, 0.29) is 12.1 Å². The van der Waals surface area contributed by atoms with Crippen LogP contribution in [0, 0.1) is 0 Å². The zero-order chi connectivity index (χ0) is 26.6. The van der Waals surface area contributed by atoms with Gasteiger partial charge in [-0.05, 0) is 105 Å². The molecule has 5 heteroatoms. The van der Waals surface area contributed by atoms with Crippen LogP contribution in [-0.2, 0) is 4.74 Å². The summed E-state index contributed by atoms with van der Waals surface area (Å²) < 4.78 is 16.5. The molecule has 0 spiro atoms. The highest BCUT2D eigenvalue weighted by Crippen LogP contribution is 2.25. The average molecular weight is 511 g/mol. The van der Waals surface area contributed by atoms with Crippen LogP contribution in [0.5, 0.6) is 11.5 Å². The third kappa shape index (κ3) is 7.94. The highest BCUT2D eigenvalue weighted by atomic mass is 16.5. The first kappa shape index (κ1) is 26.9. The summed E-state index contributed by atoms with van der Waals surface area (Å²) in [6, 6.07) is 21.5. The number of carbonyl (C=O) groups is 2. The lowest BCUT2D eigenvalue weighted by atomic mass is 10.0. The fourth-order valence-electron chi connectivity index (χ4n) is 4.30. The molecule has 0 bridgehead atoms. The minimum absolute atomic E-state index is 0.120. The van der Waals surface area contributed by atoms with Crippen molar-refractivity contribution in [3.63, 3.8) is 0 Å². The van der Waals surface area contributed by atoms with Gasteiger partial charge in [0.15, 0.2) is 0 Å². The van der Waals surface area contributed by atoms with Crippen molar-refractivity contribution in [2.75, 3.05) is 7.11 Å². The Morgan fingerprint density at radius 2 is 1.13 bits per heavy atom. The quantitative estimate of drug-likeness (QED) is 0.191. The molecule has 196 valence electrons. The van der Waals surface area contributed by atoms with Crippen molar-refractivity contribution in [2.24, 2.45) is 0 Å². The Morgan fingerprint density at radius 1 is 0.605 bits per heavy atom. The van der Waals surface area contributed by atoms with Crippen molar-refractivity contribution in [1.82, 2.24) is 0 Å². The molecule has 3 aromatic carbocycles. The molecule has 3 aromatic rings. The van der Waals surface area contributed by atoms with Crippen molar-refractivity contribution in [2.45, 2.75) is 51.0 Å². The molecule has 1 atom stereocenters. The predicted molar refractivity (Wildman–Crippen MR) is 150 cm³/mol. The molecule has 0 saturated heterocycles. The fraction of sp³-hybridized carbons (Fsp3) is 0.273. The lowest BCUT2D eigenvalue weighted by Gasteiger charge is -2.17. The molecule has 0 amide bonds. The van der Waals surface area contributed by atoms with Gasteiger partial charge in [0.1, 0.15) is 17.6 Å². The molecule has 1 unspecified atom stereocenters. The van der Waals surface area contributed by atoms with E-state index in [0.717, 1.165) is 61.8 Å². The lowest BCUT2D eigenvalue weighted by Crippen LogP contribution is -2.18. The second-order valence-corrected chi connectivity index (χ2v) is 9.28. The van der Waals surface area contributed by atoms with E-state index in [1.165, 1.54) is 0 Å². The normalized spacial score (nSPS) is 17.8. The van der Waals surface area contributed by atoms with Crippen LogP contribution in [0.25, 0.3) is 11.1 Å². The zero-order valence-corrected chi connectivity index (χ0v) is 21.8. The minimum Gasteiger partial charge on any atom is -0.497 e. The van der Waals surface area contributed by atoms with Crippen LogP contribution in [0.2, 0.25) is 0 Å². The van der Waals surface area contributed by atoms with Gasteiger partial charge in [0.25, 0.3) is 0 Å². The van der Waals surface area contributed by atoms with E-state index in [1.54, 1.807) is 43.5 Å². The van der Waals surface area contributed by atoms with E-state index in [1.807, 2.05) is 36.4 Å². The van der Waals surface area contributed by atoms with Crippen LogP contribution in [-0.4, -0.2) is 25.2 Å². The Bertz CT molecular complexity index is 1240. The highest BCUT2D eigenvalue weighted by Gasteiger charge is 2.17. The molecular weight excluding hydrogens is 476 g/mol. The van der Waals surface area contributed by atoms with Crippen molar-refractivity contribution in [3.8, 4) is 22.6 Å². The van der Waals surface area contributed by atoms with E-state index in [0.29, 0.717) is 16.9 Å². The first-order valence-electron chi connectivity index (χ1n) is 13.2. The zero-order valence-electron chi connectivity index (χ0n) is 21.8. The first-order valence-corrected chi connectivity index (χ1v) is 13.2. The summed E-state index contributed by atoms with van der Waals surface area (Å²) in [5.74, 6) is 0.393. The molecule has 5 nitrogen and oxygen atoms in total. The monoisotopic (exact) mass is 510 g/mol. The number of rotatable bonds is 6. The standard InChI is InChI=1S/C33H34O5/c1-36-29-21-17-25(18-22-29)26-19-23-31(24-20-26)38-33(35)28-15-13-27(14-16-28)32(34)37-30-11-9-7-5-3-2-4-6-8-10-12-30/h3,5-6,8,13-24,30H,2,4,7,9-12H2,1H3/b5-3+,8-6-. The number of allylic oxidation sites excluding steroid dienone is 4. The van der Waals surface area contributed by atoms with E-state index in [9.17, 15) is 9.59 Å². The van der Waals surface area contributed by atoms with Crippen molar-refractivity contribution < 1.29 is 23.8 Å². The fourth-order valence-corrected chi connectivity index (χ4v) is 4.30. The van der Waals surface area contributed by atoms with E-state index in [2.05, 4.69) is 24.3 Å². The molecule has 1 aliphatic rings. The third-order valence-corrected chi connectivity index (χ3v) is 6.50. The van der Waals surface area contributed by atoms with Crippen LogP contribution in [0.3, 0.4) is 0 Å². The SMILES string of the molecule is COc1ccc(-c2ccc(OC(=O)c3ccc(C(=O)OC4CC/C=C\CC/C=C/CCC4)cc3)cc2)cc1. The lowest BCUT2D eigenvalue weighted by molar-refractivity contribution is 0.0259. The van der Waals surface area contributed by atoms with Crippen molar-refractivity contribution in [3.05, 3.63) is 108 Å². The number of hydrogen-bond donors (Lipinski definition) is 0. The van der Waals surface area contributed by atoms with Gasteiger partial charge in [0.05, 0.1) is 18.2 Å². The maximum atomic E-state index is 12.8. The van der Waals surface area contributed by atoms with E-state index < -0.39 is 5.97 Å². The minimum atomic E-state index is -0.485. The topological polar surface area (TPSA) is 61.8 Å². The van der Waals surface area contributed by atoms with Crippen LogP contribution in [0.1, 0.15) is 65.7 Å². The van der Waals surface area contributed by atoms with E-state index in [4.69, 9.17) is 14.2 Å². The van der Waals surface area contributed by atoms with Gasteiger partial charge in [-0.15, -0.1) is 0 Å². The van der Waals surface area contributed by atoms with Gasteiger partial charge in [-0.3, -0.25) is 0 Å². The van der Waals surface area contributed by atoms with E-state index >= 15 is 0 Å². The Balaban J connectivity index is 1.32. The maximum absolute atomic E-state index is 12.8. The summed E-state index contributed by atoms with van der Waals surface area (Å²) in [7, 11) is 1.64. The molecular formula is C33H34O5. The van der Waals surface area contributed by atoms with Crippen LogP contribution >= 0.6 is 0 Å². The average Bonchev–Trinajstić information content (AvgIpc) is 2.95. The molecule has 0 aliphatic heterocycles. The molecule has 38 heavy (non-hydrogen) atoms. The van der Waals surface area contributed by atoms with Gasteiger partial charge in [0, 0.05) is 0 Å². The molecule has 0 aromatic heterocycles. The summed E-state index contributed by atoms with van der Waals surface area (Å²) in [4.78, 5) is 25.4. The van der Waals surface area contributed by atoms with Crippen LogP contribution in [0.4, 0.5) is 0 Å². The Kier molecular flexibility index (Phi) is 9.91. The number of benzene rings is 3. The highest BCUT2D eigenvalue weighted by molar-refractivity contribution is 5.94. The van der Waals surface area contributed by atoms with Gasteiger partial charge in [-0.25, -0.2) is 9.59 Å². The Hall–Kier alpha value is -4.12. The van der Waals surface area contributed by atoms with Crippen molar-refractivity contribution in [1.29, 1.82) is 0 Å². The number of ether oxygens (including phenoxy) is 3. The van der Waals surface area contributed by atoms with Crippen molar-refractivity contribution >= 4 is 11.9 Å². The summed E-state index contributed by atoms with van der Waals surface area (Å²) in [5, 5.41) is 0. The summed E-state index contributed by atoms with van der Waals surface area (Å²) >= 11 is 0. The number of methoxy groups -OCH3 is 1. The molecule has 0 radical (unpaired) electrons. The molecule has 0 fully saturated rings. The van der Waals surface area contributed by atoms with Gasteiger partial charge >= 0.3 is 11.9 Å². The first-order chi connectivity index (χ1) is 18.6. The largest absolute Gasteiger partial charge is 0.497 e. The van der Waals surface area contributed by atoms with Gasteiger partial charge in [-0.2, -0.15) is 0 Å². The van der Waals surface area contributed by atoms with Gasteiger partial charge in [0.2, 0.25) is 0 Å². The summed E-state index contributed by atoms with van der Waals surface area (Å²) in [5.41, 5.74) is 2.83. The molecule has 1 aliphatic carbocycles. The number of hydrogen-bond acceptors (Lipinski definition) is 5. The number of carbonyl (C=O) groups excluding carboxylic acids is 2. The molecule has 0 N–H and O–H groups in total. The van der Waals surface area contributed by atoms with Crippen LogP contribution < -0.4 is 9.47 Å². The molecule has 0 heterocycles. The summed E-state index contributed by atoms with van der Waals surface area (Å²) in [6.45, 7) is 0. The van der Waals surface area contributed by atoms with Gasteiger partial charge in [-0.1, -0.05) is 48.6 Å². The summed E-state index contributed by atoms with van der Waals surface area (Å²) in [6.07, 6.45) is 15.3. The third-order valence-electron chi connectivity index (χ3n) is 6.50.